The second-order valence-corrected chi connectivity index (χ2v) is 12.4. The number of amides is 4. The van der Waals surface area contributed by atoms with Crippen molar-refractivity contribution in [3.8, 4) is 17.5 Å². The average Bonchev–Trinajstić information content (AvgIpc) is 3.12. The van der Waals surface area contributed by atoms with Crippen LogP contribution in [0.3, 0.4) is 0 Å². The minimum atomic E-state index is -1.01. The number of anilines is 1. The number of carbonyl (C=O) groups excluding carboxylic acids is 4. The molecule has 2 N–H and O–H groups in total. The summed E-state index contributed by atoms with van der Waals surface area (Å²) < 4.78 is 17.0. The SMILES string of the molecule is COc1nccc(COc2ccc(C(C)(C)c3ccc(OCCCNc4ccc(C(=O)N(C=O)C5CCC(=O)NC5=O)c(C)c4)cc3)cc2)n1. The number of nitrogens with zero attached hydrogens (tertiary/aromatic N) is 3. The number of hydrogen-bond acceptors (Lipinski definition) is 10. The fourth-order valence-electron chi connectivity index (χ4n) is 5.67. The van der Waals surface area contributed by atoms with Crippen molar-refractivity contribution in [3.05, 3.63) is 107 Å². The van der Waals surface area contributed by atoms with Crippen molar-refractivity contribution in [1.82, 2.24) is 20.2 Å². The molecule has 1 fully saturated rings. The molecular formula is C38H41N5O7. The topological polar surface area (TPSA) is 149 Å². The maximum Gasteiger partial charge on any atom is 0.316 e. The normalized spacial score (nSPS) is 14.4. The summed E-state index contributed by atoms with van der Waals surface area (Å²) in [6.07, 6.45) is 2.90. The minimum absolute atomic E-state index is 0.0693. The second kappa shape index (κ2) is 16.1. The van der Waals surface area contributed by atoms with Gasteiger partial charge in [0.15, 0.2) is 0 Å². The van der Waals surface area contributed by atoms with Crippen LogP contribution in [0.25, 0.3) is 0 Å². The maximum atomic E-state index is 13.1. The first kappa shape index (κ1) is 35.5. The summed E-state index contributed by atoms with van der Waals surface area (Å²) in [4.78, 5) is 57.7. The molecule has 5 rings (SSSR count). The number of aryl methyl sites for hydroxylation is 1. The van der Waals surface area contributed by atoms with Crippen LogP contribution in [0, 0.1) is 6.92 Å². The summed E-state index contributed by atoms with van der Waals surface area (Å²) >= 11 is 0. The number of benzene rings is 3. The number of piperidine rings is 1. The molecule has 1 aromatic heterocycles. The molecule has 1 atom stereocenters. The molecule has 0 aliphatic carbocycles. The van der Waals surface area contributed by atoms with E-state index in [2.05, 4.69) is 58.7 Å². The van der Waals surface area contributed by atoms with Crippen molar-refractivity contribution in [2.45, 2.75) is 58.1 Å². The third-order valence-electron chi connectivity index (χ3n) is 8.68. The largest absolute Gasteiger partial charge is 0.494 e. The first-order valence-corrected chi connectivity index (χ1v) is 16.4. The van der Waals surface area contributed by atoms with Crippen molar-refractivity contribution >= 4 is 29.8 Å². The Balaban J connectivity index is 1.07. The molecule has 2 heterocycles. The Bertz CT molecular complexity index is 1830. The summed E-state index contributed by atoms with van der Waals surface area (Å²) in [5.41, 5.74) is 4.57. The summed E-state index contributed by atoms with van der Waals surface area (Å²) in [7, 11) is 1.53. The van der Waals surface area contributed by atoms with Crippen LogP contribution >= 0.6 is 0 Å². The smallest absolute Gasteiger partial charge is 0.316 e. The van der Waals surface area contributed by atoms with Crippen molar-refractivity contribution in [2.24, 2.45) is 0 Å². The van der Waals surface area contributed by atoms with Crippen molar-refractivity contribution in [1.29, 1.82) is 0 Å². The quantitative estimate of drug-likeness (QED) is 0.100. The lowest BCUT2D eigenvalue weighted by molar-refractivity contribution is -0.139. The Morgan fingerprint density at radius 1 is 1.00 bits per heavy atom. The molecule has 0 spiro atoms. The summed E-state index contributed by atoms with van der Waals surface area (Å²) in [5.74, 6) is -0.115. The van der Waals surface area contributed by atoms with Crippen molar-refractivity contribution in [3.63, 3.8) is 0 Å². The Morgan fingerprint density at radius 2 is 1.68 bits per heavy atom. The van der Waals surface area contributed by atoms with E-state index in [-0.39, 0.29) is 18.3 Å². The Morgan fingerprint density at radius 3 is 2.30 bits per heavy atom. The number of aromatic nitrogens is 2. The van der Waals surface area contributed by atoms with E-state index in [4.69, 9.17) is 14.2 Å². The monoisotopic (exact) mass is 679 g/mol. The summed E-state index contributed by atoms with van der Waals surface area (Å²) in [6, 6.07) is 22.5. The molecule has 50 heavy (non-hydrogen) atoms. The van der Waals surface area contributed by atoms with Crippen molar-refractivity contribution in [2.75, 3.05) is 25.6 Å². The van der Waals surface area contributed by atoms with E-state index < -0.39 is 23.8 Å². The van der Waals surface area contributed by atoms with Gasteiger partial charge in [0.05, 0.1) is 19.4 Å². The number of ether oxygens (including phenoxy) is 3. The van der Waals surface area contributed by atoms with Crippen LogP contribution < -0.4 is 24.8 Å². The molecule has 1 saturated heterocycles. The van der Waals surface area contributed by atoms with Gasteiger partial charge in [-0.05, 0) is 85.0 Å². The molecule has 4 aromatic rings. The lowest BCUT2D eigenvalue weighted by atomic mass is 9.78. The standard InChI is InChI=1S/C38H41N5O7/c1-25-22-28(10-15-32(25)36(47)43(24-44)33-16-17-34(45)42-35(33)46)39-19-5-21-49-30-11-6-26(7-12-30)38(2,3)27-8-13-31(14-9-27)50-23-29-18-20-40-37(41-29)48-4/h6-15,18,20,22,24,33,39H,5,16-17,19,21,23H2,1-4H3,(H,42,45,46). The van der Waals surface area contributed by atoms with E-state index >= 15 is 0 Å². The van der Waals surface area contributed by atoms with Gasteiger partial charge in [-0.3, -0.25) is 29.4 Å². The first-order valence-electron chi connectivity index (χ1n) is 16.4. The highest BCUT2D eigenvalue weighted by Gasteiger charge is 2.35. The second-order valence-electron chi connectivity index (χ2n) is 12.4. The van der Waals surface area contributed by atoms with E-state index in [1.54, 1.807) is 31.3 Å². The van der Waals surface area contributed by atoms with Crippen LogP contribution in [0.1, 0.15) is 65.9 Å². The van der Waals surface area contributed by atoms with Gasteiger partial charge in [-0.2, -0.15) is 4.98 Å². The Kier molecular flexibility index (Phi) is 11.4. The molecule has 12 nitrogen and oxygen atoms in total. The van der Waals surface area contributed by atoms with Crippen LogP contribution in [0.5, 0.6) is 17.5 Å². The lowest BCUT2D eigenvalue weighted by Crippen LogP contribution is -2.53. The Labute approximate surface area is 291 Å². The van der Waals surface area contributed by atoms with E-state index in [1.807, 2.05) is 30.3 Å². The van der Waals surface area contributed by atoms with Gasteiger partial charge in [0.1, 0.15) is 24.1 Å². The molecule has 1 aliphatic heterocycles. The van der Waals surface area contributed by atoms with Crippen LogP contribution in [-0.4, -0.2) is 65.3 Å². The average molecular weight is 680 g/mol. The van der Waals surface area contributed by atoms with E-state index in [9.17, 15) is 19.2 Å². The van der Waals surface area contributed by atoms with Crippen LogP contribution in [0.15, 0.2) is 79.0 Å². The number of nitrogens with one attached hydrogen (secondary N) is 2. The highest BCUT2D eigenvalue weighted by molar-refractivity contribution is 6.07. The van der Waals surface area contributed by atoms with Gasteiger partial charge in [0, 0.05) is 35.8 Å². The number of imide groups is 2. The zero-order valence-corrected chi connectivity index (χ0v) is 28.6. The third-order valence-corrected chi connectivity index (χ3v) is 8.68. The number of carbonyl (C=O) groups is 4. The predicted octanol–water partition coefficient (Wildman–Crippen LogP) is 4.98. The van der Waals surface area contributed by atoms with Gasteiger partial charge in [0.2, 0.25) is 18.2 Å². The summed E-state index contributed by atoms with van der Waals surface area (Å²) in [5, 5.41) is 5.52. The zero-order valence-electron chi connectivity index (χ0n) is 28.6. The molecule has 4 amide bonds. The minimum Gasteiger partial charge on any atom is -0.494 e. The highest BCUT2D eigenvalue weighted by Crippen LogP contribution is 2.33. The fourth-order valence-corrected chi connectivity index (χ4v) is 5.67. The van der Waals surface area contributed by atoms with E-state index in [1.165, 1.54) is 7.11 Å². The first-order chi connectivity index (χ1) is 24.1. The van der Waals surface area contributed by atoms with Crippen LogP contribution in [-0.2, 0) is 26.4 Å². The molecule has 0 saturated carbocycles. The molecule has 260 valence electrons. The van der Waals surface area contributed by atoms with E-state index in [0.717, 1.165) is 45.3 Å². The lowest BCUT2D eigenvalue weighted by Gasteiger charge is -2.28. The number of rotatable bonds is 15. The Hall–Kier alpha value is -5.78. The molecule has 0 radical (unpaired) electrons. The maximum absolute atomic E-state index is 13.1. The van der Waals surface area contributed by atoms with E-state index in [0.29, 0.717) is 43.3 Å². The molecule has 1 aliphatic rings. The van der Waals surface area contributed by atoms with Gasteiger partial charge in [-0.1, -0.05) is 38.1 Å². The predicted molar refractivity (Wildman–Crippen MR) is 186 cm³/mol. The number of hydrogen-bond donors (Lipinski definition) is 2. The van der Waals surface area contributed by atoms with Crippen molar-refractivity contribution < 1.29 is 33.4 Å². The fraction of sp³-hybridized carbons (Fsp3) is 0.316. The van der Waals surface area contributed by atoms with Gasteiger partial charge >= 0.3 is 6.01 Å². The summed E-state index contributed by atoms with van der Waals surface area (Å²) in [6.45, 7) is 7.59. The van der Waals surface area contributed by atoms with Gasteiger partial charge in [0.25, 0.3) is 5.91 Å². The van der Waals surface area contributed by atoms with Gasteiger partial charge in [-0.25, -0.2) is 4.98 Å². The van der Waals surface area contributed by atoms with Crippen LogP contribution in [0.4, 0.5) is 5.69 Å². The third kappa shape index (κ3) is 8.62. The number of methoxy groups -OCH3 is 1. The zero-order chi connectivity index (χ0) is 35.7. The molecular weight excluding hydrogens is 638 g/mol. The molecule has 12 heteroatoms. The van der Waals surface area contributed by atoms with Gasteiger partial charge < -0.3 is 19.5 Å². The molecule has 0 bridgehead atoms. The van der Waals surface area contributed by atoms with Crippen LogP contribution in [0.2, 0.25) is 0 Å². The molecule has 1 unspecified atom stereocenters. The molecule has 3 aromatic carbocycles. The van der Waals surface area contributed by atoms with Gasteiger partial charge in [-0.15, -0.1) is 0 Å². The highest BCUT2D eigenvalue weighted by atomic mass is 16.5.